The fourth-order valence-electron chi connectivity index (χ4n) is 4.24. The van der Waals surface area contributed by atoms with Gasteiger partial charge in [-0.1, -0.05) is 26.8 Å². The standard InChI is InChI=1S/C22H26N4O/c1-5-16-8-6-15-11-26(21(23)20(15)24-16)12-19(27)14-7-9-18-17(10-14)22(2,3)13-25(18)4/h6-10,23H,5,11-13H2,1-4H3. The summed E-state index contributed by atoms with van der Waals surface area (Å²) < 4.78 is 0. The number of Topliss-reactive ketones (excluding diaryl/α,β-unsaturated/α-hetero) is 1. The zero-order chi connectivity index (χ0) is 19.3. The van der Waals surface area contributed by atoms with Gasteiger partial charge in [-0.15, -0.1) is 0 Å². The number of ketones is 1. The maximum Gasteiger partial charge on any atom is 0.182 e. The van der Waals surface area contributed by atoms with Crippen LogP contribution in [0.3, 0.4) is 0 Å². The molecule has 1 N–H and O–H groups in total. The Morgan fingerprint density at radius 3 is 2.78 bits per heavy atom. The molecule has 5 heteroatoms. The van der Waals surface area contributed by atoms with Crippen LogP contribution in [0, 0.1) is 5.41 Å². The largest absolute Gasteiger partial charge is 0.373 e. The summed E-state index contributed by atoms with van der Waals surface area (Å²) in [6.07, 6.45) is 0.846. The van der Waals surface area contributed by atoms with Crippen molar-refractivity contribution in [3.63, 3.8) is 0 Å². The first-order valence-corrected chi connectivity index (χ1v) is 9.51. The number of anilines is 1. The SMILES string of the molecule is CCc1ccc2c(n1)C(=N)N(CC(=O)c1ccc3c(c1)C(C)(C)CN3C)C2. The van der Waals surface area contributed by atoms with E-state index >= 15 is 0 Å². The highest BCUT2D eigenvalue weighted by molar-refractivity contribution is 6.04. The summed E-state index contributed by atoms with van der Waals surface area (Å²) in [5.41, 5.74) is 5.93. The number of aromatic nitrogens is 1. The normalized spacial score (nSPS) is 17.3. The van der Waals surface area contributed by atoms with Gasteiger partial charge in [0, 0.05) is 48.1 Å². The Balaban J connectivity index is 1.55. The molecular weight excluding hydrogens is 336 g/mol. The smallest absolute Gasteiger partial charge is 0.182 e. The van der Waals surface area contributed by atoms with E-state index in [0.717, 1.165) is 35.5 Å². The van der Waals surface area contributed by atoms with E-state index in [-0.39, 0.29) is 17.7 Å². The fraction of sp³-hybridized carbons (Fsp3) is 0.409. The summed E-state index contributed by atoms with van der Waals surface area (Å²) in [7, 11) is 2.09. The summed E-state index contributed by atoms with van der Waals surface area (Å²) >= 11 is 0. The molecule has 0 amide bonds. The molecule has 0 unspecified atom stereocenters. The number of rotatable bonds is 4. The molecule has 5 nitrogen and oxygen atoms in total. The van der Waals surface area contributed by atoms with Crippen LogP contribution in [0.15, 0.2) is 30.3 Å². The van der Waals surface area contributed by atoms with Gasteiger partial charge < -0.3 is 9.80 Å². The van der Waals surface area contributed by atoms with E-state index in [9.17, 15) is 4.79 Å². The van der Waals surface area contributed by atoms with Crippen molar-refractivity contribution in [3.8, 4) is 0 Å². The summed E-state index contributed by atoms with van der Waals surface area (Å²) in [6, 6.07) is 10.1. The van der Waals surface area contributed by atoms with Crippen LogP contribution in [0.25, 0.3) is 0 Å². The van der Waals surface area contributed by atoms with Gasteiger partial charge in [-0.05, 0) is 36.2 Å². The molecule has 0 radical (unpaired) electrons. The average Bonchev–Trinajstić information content (AvgIpc) is 3.07. The Labute approximate surface area is 160 Å². The molecule has 0 fully saturated rings. The lowest BCUT2D eigenvalue weighted by molar-refractivity contribution is 0.0962. The number of aryl methyl sites for hydroxylation is 1. The molecule has 140 valence electrons. The van der Waals surface area contributed by atoms with Gasteiger partial charge in [-0.2, -0.15) is 0 Å². The summed E-state index contributed by atoms with van der Waals surface area (Å²) in [5, 5.41) is 8.43. The number of carbonyl (C=O) groups excluding carboxylic acids is 1. The molecule has 0 saturated heterocycles. The molecule has 2 aliphatic rings. The van der Waals surface area contributed by atoms with Crippen LogP contribution < -0.4 is 4.90 Å². The van der Waals surface area contributed by atoms with E-state index in [4.69, 9.17) is 5.41 Å². The predicted molar refractivity (Wildman–Crippen MR) is 108 cm³/mol. The van der Waals surface area contributed by atoms with Crippen LogP contribution >= 0.6 is 0 Å². The number of nitrogens with zero attached hydrogens (tertiary/aromatic N) is 3. The lowest BCUT2D eigenvalue weighted by Gasteiger charge is -2.19. The number of fused-ring (bicyclic) bond motifs is 2. The second-order valence-corrected chi connectivity index (χ2v) is 8.26. The number of amidine groups is 1. The maximum absolute atomic E-state index is 12.9. The number of pyridine rings is 1. The van der Waals surface area contributed by atoms with E-state index < -0.39 is 0 Å². The average molecular weight is 362 g/mol. The van der Waals surface area contributed by atoms with E-state index in [2.05, 4.69) is 43.8 Å². The highest BCUT2D eigenvalue weighted by Gasteiger charge is 2.34. The Kier molecular flexibility index (Phi) is 4.06. The molecule has 4 rings (SSSR count). The van der Waals surface area contributed by atoms with Gasteiger partial charge in [0.2, 0.25) is 0 Å². The van der Waals surface area contributed by atoms with Gasteiger partial charge in [0.1, 0.15) is 11.5 Å². The fourth-order valence-corrected chi connectivity index (χ4v) is 4.24. The number of nitrogens with one attached hydrogen (secondary N) is 1. The highest BCUT2D eigenvalue weighted by atomic mass is 16.1. The van der Waals surface area contributed by atoms with Gasteiger partial charge in [-0.25, -0.2) is 4.98 Å². The van der Waals surface area contributed by atoms with Gasteiger partial charge in [0.15, 0.2) is 5.78 Å². The van der Waals surface area contributed by atoms with E-state index in [1.54, 1.807) is 0 Å². The Bertz CT molecular complexity index is 947. The molecule has 1 aromatic carbocycles. The number of hydrogen-bond acceptors (Lipinski definition) is 4. The molecule has 0 saturated carbocycles. The maximum atomic E-state index is 12.9. The van der Waals surface area contributed by atoms with Crippen LogP contribution in [0.1, 0.15) is 53.6 Å². The molecule has 1 aromatic heterocycles. The minimum absolute atomic E-state index is 0.0391. The molecule has 2 aliphatic heterocycles. The first-order valence-electron chi connectivity index (χ1n) is 9.51. The topological polar surface area (TPSA) is 60.3 Å². The summed E-state index contributed by atoms with van der Waals surface area (Å²) in [5.74, 6) is 0.409. The molecule has 0 bridgehead atoms. The predicted octanol–water partition coefficient (Wildman–Crippen LogP) is 3.40. The van der Waals surface area contributed by atoms with Crippen LogP contribution in [0.5, 0.6) is 0 Å². The Morgan fingerprint density at radius 1 is 1.26 bits per heavy atom. The first-order chi connectivity index (χ1) is 12.8. The number of carbonyl (C=O) groups is 1. The molecular formula is C22H26N4O. The number of benzene rings is 1. The summed E-state index contributed by atoms with van der Waals surface area (Å²) in [6.45, 7) is 8.24. The molecule has 2 aromatic rings. The first kappa shape index (κ1) is 17.7. The lowest BCUT2D eigenvalue weighted by atomic mass is 9.86. The van der Waals surface area contributed by atoms with Crippen molar-refractivity contribution >= 4 is 17.3 Å². The van der Waals surface area contributed by atoms with E-state index in [0.29, 0.717) is 12.4 Å². The summed E-state index contributed by atoms with van der Waals surface area (Å²) in [4.78, 5) is 21.6. The minimum atomic E-state index is 0.0391. The van der Waals surface area contributed by atoms with Crippen LogP contribution in [0.4, 0.5) is 5.69 Å². The Hall–Kier alpha value is -2.69. The van der Waals surface area contributed by atoms with E-state index in [1.807, 2.05) is 29.2 Å². The molecule has 27 heavy (non-hydrogen) atoms. The van der Waals surface area contributed by atoms with Crippen LogP contribution in [0.2, 0.25) is 0 Å². The third-order valence-corrected chi connectivity index (χ3v) is 5.73. The second-order valence-electron chi connectivity index (χ2n) is 8.26. The van der Waals surface area contributed by atoms with E-state index in [1.165, 1.54) is 11.3 Å². The molecule has 3 heterocycles. The molecule has 0 atom stereocenters. The van der Waals surface area contributed by atoms with Crippen LogP contribution in [-0.4, -0.2) is 41.6 Å². The van der Waals surface area contributed by atoms with Crippen molar-refractivity contribution < 1.29 is 4.79 Å². The quantitative estimate of drug-likeness (QED) is 0.847. The number of likely N-dealkylation sites (N-methyl/N-ethyl adjacent to an activating group) is 1. The number of hydrogen-bond donors (Lipinski definition) is 1. The van der Waals surface area contributed by atoms with Crippen molar-refractivity contribution in [3.05, 3.63) is 58.4 Å². The van der Waals surface area contributed by atoms with Crippen molar-refractivity contribution in [2.45, 2.75) is 39.2 Å². The van der Waals surface area contributed by atoms with Gasteiger partial charge in [0.25, 0.3) is 0 Å². The van der Waals surface area contributed by atoms with Gasteiger partial charge in [-0.3, -0.25) is 10.2 Å². The Morgan fingerprint density at radius 2 is 2.04 bits per heavy atom. The van der Waals surface area contributed by atoms with Crippen molar-refractivity contribution in [2.75, 3.05) is 25.0 Å². The lowest BCUT2D eigenvalue weighted by Crippen LogP contribution is -2.30. The zero-order valence-corrected chi connectivity index (χ0v) is 16.5. The van der Waals surface area contributed by atoms with Crippen molar-refractivity contribution in [1.29, 1.82) is 5.41 Å². The third-order valence-electron chi connectivity index (χ3n) is 5.73. The van der Waals surface area contributed by atoms with Gasteiger partial charge in [0.05, 0.1) is 6.54 Å². The van der Waals surface area contributed by atoms with Crippen LogP contribution in [-0.2, 0) is 18.4 Å². The highest BCUT2D eigenvalue weighted by Crippen LogP contribution is 2.40. The second kappa shape index (κ2) is 6.19. The van der Waals surface area contributed by atoms with Crippen molar-refractivity contribution in [2.24, 2.45) is 0 Å². The van der Waals surface area contributed by atoms with Gasteiger partial charge >= 0.3 is 0 Å². The van der Waals surface area contributed by atoms with Crippen molar-refractivity contribution in [1.82, 2.24) is 9.88 Å². The molecule has 0 aliphatic carbocycles. The zero-order valence-electron chi connectivity index (χ0n) is 16.5. The molecule has 0 spiro atoms. The minimum Gasteiger partial charge on any atom is -0.373 e. The third kappa shape index (κ3) is 2.91. The monoisotopic (exact) mass is 362 g/mol.